The molecule has 0 aliphatic carbocycles. The Morgan fingerprint density at radius 1 is 1.10 bits per heavy atom. The minimum Gasteiger partial charge on any atom is -0.495 e. The monoisotopic (exact) mass is 399 g/mol. The first kappa shape index (κ1) is 19.5. The number of hydrogen-bond acceptors (Lipinski definition) is 4. The summed E-state index contributed by atoms with van der Waals surface area (Å²) in [4.78, 5) is 15.6. The molecule has 7 heteroatoms. The number of amides is 1. The third kappa shape index (κ3) is 4.46. The van der Waals surface area contributed by atoms with Crippen molar-refractivity contribution in [3.8, 4) is 17.2 Å². The molecular formula is C22H29N3O4+2. The summed E-state index contributed by atoms with van der Waals surface area (Å²) in [7, 11) is 1.61. The fourth-order valence-corrected chi connectivity index (χ4v) is 4.05. The summed E-state index contributed by atoms with van der Waals surface area (Å²) in [5, 5.41) is 3.02. The quantitative estimate of drug-likeness (QED) is 0.626. The first-order valence-corrected chi connectivity index (χ1v) is 10.1. The molecule has 1 atom stereocenters. The van der Waals surface area contributed by atoms with E-state index in [2.05, 4.69) is 17.4 Å². The number of fused-ring (bicyclic) bond motifs is 1. The van der Waals surface area contributed by atoms with Gasteiger partial charge in [-0.15, -0.1) is 0 Å². The molecule has 0 spiro atoms. The molecule has 0 saturated carbocycles. The number of para-hydroxylation sites is 2. The van der Waals surface area contributed by atoms with Crippen LogP contribution in [-0.4, -0.2) is 52.0 Å². The summed E-state index contributed by atoms with van der Waals surface area (Å²) < 4.78 is 16.2. The molecule has 2 aromatic rings. The number of ether oxygens (including phenoxy) is 3. The van der Waals surface area contributed by atoms with E-state index in [0.717, 1.165) is 49.9 Å². The lowest BCUT2D eigenvalue weighted by atomic mass is 10.1. The van der Waals surface area contributed by atoms with Crippen LogP contribution in [0.1, 0.15) is 12.5 Å². The van der Waals surface area contributed by atoms with Gasteiger partial charge >= 0.3 is 0 Å². The maximum atomic E-state index is 12.7. The predicted octanol–water partition coefficient (Wildman–Crippen LogP) is -0.265. The molecule has 0 radical (unpaired) electrons. The second-order valence-electron chi connectivity index (χ2n) is 7.68. The number of quaternary nitrogens is 2. The highest BCUT2D eigenvalue weighted by molar-refractivity contribution is 5.94. The Kier molecular flexibility index (Phi) is 5.87. The summed E-state index contributed by atoms with van der Waals surface area (Å²) >= 11 is 0. The van der Waals surface area contributed by atoms with Crippen LogP contribution in [0.5, 0.6) is 17.2 Å². The van der Waals surface area contributed by atoms with Gasteiger partial charge in [-0.3, -0.25) is 4.79 Å². The summed E-state index contributed by atoms with van der Waals surface area (Å²) in [6, 6.07) is 13.6. The molecule has 0 unspecified atom stereocenters. The van der Waals surface area contributed by atoms with Crippen LogP contribution in [0.2, 0.25) is 0 Å². The molecule has 2 aliphatic heterocycles. The molecular weight excluding hydrogens is 370 g/mol. The Bertz CT molecular complexity index is 865. The van der Waals surface area contributed by atoms with E-state index in [1.165, 1.54) is 15.4 Å². The number of methoxy groups -OCH3 is 1. The lowest BCUT2D eigenvalue weighted by Gasteiger charge is -2.32. The maximum Gasteiger partial charge on any atom is 0.282 e. The Balaban J connectivity index is 1.29. The van der Waals surface area contributed by atoms with Crippen molar-refractivity contribution in [2.75, 3.05) is 45.4 Å². The molecule has 1 saturated heterocycles. The van der Waals surface area contributed by atoms with E-state index in [1.807, 2.05) is 37.3 Å². The van der Waals surface area contributed by atoms with E-state index in [4.69, 9.17) is 14.2 Å². The van der Waals surface area contributed by atoms with E-state index in [0.29, 0.717) is 12.5 Å². The standard InChI is InChI=1S/C22H27N3O4/c1-16(22(26)23-18-5-3-4-6-19(18)27-2)25-11-9-24(10-12-25)14-17-7-8-20-21(13-17)29-15-28-20/h3-8,13,16H,9-12,14-15H2,1-2H3,(H,23,26)/p+2/t16-/m0/s1. The Hall–Kier alpha value is -2.77. The molecule has 29 heavy (non-hydrogen) atoms. The third-order valence-electron chi connectivity index (χ3n) is 5.86. The average molecular weight is 399 g/mol. The Labute approximate surface area is 171 Å². The number of benzene rings is 2. The normalized spacial score (nSPS) is 21.4. The van der Waals surface area contributed by atoms with E-state index in [1.54, 1.807) is 7.11 Å². The zero-order valence-electron chi connectivity index (χ0n) is 17.0. The highest BCUT2D eigenvalue weighted by Gasteiger charge is 2.31. The number of anilines is 1. The second kappa shape index (κ2) is 8.71. The number of hydrogen-bond donors (Lipinski definition) is 3. The van der Waals surface area contributed by atoms with Crippen LogP contribution in [0.4, 0.5) is 5.69 Å². The fourth-order valence-electron chi connectivity index (χ4n) is 4.05. The van der Waals surface area contributed by atoms with Crippen LogP contribution < -0.4 is 29.3 Å². The summed E-state index contributed by atoms with van der Waals surface area (Å²) in [5.41, 5.74) is 1.98. The molecule has 154 valence electrons. The number of rotatable bonds is 6. The molecule has 1 amide bonds. The van der Waals surface area contributed by atoms with Crippen LogP contribution in [0.25, 0.3) is 0 Å². The van der Waals surface area contributed by atoms with Gasteiger partial charge in [0.2, 0.25) is 6.79 Å². The first-order valence-electron chi connectivity index (χ1n) is 10.1. The topological polar surface area (TPSA) is 65.7 Å². The number of carbonyl (C=O) groups excluding carboxylic acids is 1. The molecule has 7 nitrogen and oxygen atoms in total. The fraction of sp³-hybridized carbons (Fsp3) is 0.409. The van der Waals surface area contributed by atoms with E-state index in [9.17, 15) is 4.79 Å². The summed E-state index contributed by atoms with van der Waals surface area (Å²) in [6.07, 6.45) is 0. The van der Waals surface area contributed by atoms with Crippen molar-refractivity contribution in [2.24, 2.45) is 0 Å². The van der Waals surface area contributed by atoms with E-state index >= 15 is 0 Å². The van der Waals surface area contributed by atoms with Crippen molar-refractivity contribution in [3.05, 3.63) is 48.0 Å². The predicted molar refractivity (Wildman–Crippen MR) is 109 cm³/mol. The first-order chi connectivity index (χ1) is 14.1. The molecule has 4 rings (SSSR count). The van der Waals surface area contributed by atoms with Crippen LogP contribution in [0.3, 0.4) is 0 Å². The Morgan fingerprint density at radius 3 is 2.66 bits per heavy atom. The summed E-state index contributed by atoms with van der Waals surface area (Å²) in [6.45, 7) is 7.30. The largest absolute Gasteiger partial charge is 0.495 e. The number of nitrogens with one attached hydrogen (secondary N) is 3. The van der Waals surface area contributed by atoms with Crippen LogP contribution in [0.15, 0.2) is 42.5 Å². The number of piperazine rings is 1. The second-order valence-corrected chi connectivity index (χ2v) is 7.68. The van der Waals surface area contributed by atoms with Crippen molar-refractivity contribution in [2.45, 2.75) is 19.5 Å². The van der Waals surface area contributed by atoms with Gasteiger partial charge in [-0.2, -0.15) is 0 Å². The van der Waals surface area contributed by atoms with Gasteiger partial charge in [0, 0.05) is 5.56 Å². The highest BCUT2D eigenvalue weighted by atomic mass is 16.7. The molecule has 0 aromatic heterocycles. The number of carbonyl (C=O) groups is 1. The van der Waals surface area contributed by atoms with Crippen LogP contribution in [0, 0.1) is 0 Å². The van der Waals surface area contributed by atoms with Gasteiger partial charge in [-0.1, -0.05) is 12.1 Å². The van der Waals surface area contributed by atoms with E-state index < -0.39 is 0 Å². The van der Waals surface area contributed by atoms with Gasteiger partial charge in [0.25, 0.3) is 5.91 Å². The van der Waals surface area contributed by atoms with Crippen LogP contribution >= 0.6 is 0 Å². The molecule has 2 heterocycles. The Morgan fingerprint density at radius 2 is 1.86 bits per heavy atom. The van der Waals surface area contributed by atoms with Gasteiger partial charge in [-0.25, -0.2) is 0 Å². The molecule has 2 aliphatic rings. The maximum absolute atomic E-state index is 12.7. The molecule has 3 N–H and O–H groups in total. The average Bonchev–Trinajstić information content (AvgIpc) is 3.22. The van der Waals surface area contributed by atoms with Gasteiger partial charge in [0.15, 0.2) is 17.5 Å². The third-order valence-corrected chi connectivity index (χ3v) is 5.86. The van der Waals surface area contributed by atoms with Crippen molar-refractivity contribution < 1.29 is 28.8 Å². The van der Waals surface area contributed by atoms with E-state index in [-0.39, 0.29) is 11.9 Å². The molecule has 2 aromatic carbocycles. The van der Waals surface area contributed by atoms with Crippen molar-refractivity contribution in [3.63, 3.8) is 0 Å². The van der Waals surface area contributed by atoms with Crippen molar-refractivity contribution in [1.82, 2.24) is 0 Å². The SMILES string of the molecule is COc1ccccc1NC(=O)[C@H](C)[NH+]1CC[NH+](Cc2ccc3c(c2)OCO3)CC1. The van der Waals surface area contributed by atoms with Crippen LogP contribution in [-0.2, 0) is 11.3 Å². The molecule has 1 fully saturated rings. The minimum absolute atomic E-state index is 0.0312. The van der Waals surface area contributed by atoms with Gasteiger partial charge in [-0.05, 0) is 37.3 Å². The lowest BCUT2D eigenvalue weighted by Crippen LogP contribution is -3.29. The smallest absolute Gasteiger partial charge is 0.282 e. The van der Waals surface area contributed by atoms with Gasteiger partial charge < -0.3 is 29.3 Å². The zero-order valence-corrected chi connectivity index (χ0v) is 17.0. The summed E-state index contributed by atoms with van der Waals surface area (Å²) in [5.74, 6) is 2.38. The van der Waals surface area contributed by atoms with Crippen molar-refractivity contribution >= 4 is 11.6 Å². The van der Waals surface area contributed by atoms with Gasteiger partial charge in [0.1, 0.15) is 38.5 Å². The lowest BCUT2D eigenvalue weighted by molar-refractivity contribution is -1.02. The highest BCUT2D eigenvalue weighted by Crippen LogP contribution is 2.32. The molecule has 0 bridgehead atoms. The van der Waals surface area contributed by atoms with Gasteiger partial charge in [0.05, 0.1) is 12.8 Å². The zero-order chi connectivity index (χ0) is 20.2. The minimum atomic E-state index is -0.105. The van der Waals surface area contributed by atoms with Crippen molar-refractivity contribution in [1.29, 1.82) is 0 Å².